The van der Waals surface area contributed by atoms with E-state index in [1.165, 1.54) is 0 Å². The highest BCUT2D eigenvalue weighted by molar-refractivity contribution is 6.74. The van der Waals surface area contributed by atoms with E-state index in [0.717, 1.165) is 0 Å². The van der Waals surface area contributed by atoms with E-state index in [4.69, 9.17) is 9.16 Å². The molecule has 0 spiro atoms. The van der Waals surface area contributed by atoms with Crippen molar-refractivity contribution >= 4 is 20.9 Å². The van der Waals surface area contributed by atoms with Gasteiger partial charge < -0.3 is 19.2 Å². The molecule has 0 aliphatic heterocycles. The van der Waals surface area contributed by atoms with Crippen LogP contribution < -0.4 is 10.2 Å². The van der Waals surface area contributed by atoms with Crippen molar-refractivity contribution in [1.29, 1.82) is 0 Å². The fourth-order valence-electron chi connectivity index (χ4n) is 1.49. The highest BCUT2D eigenvalue weighted by Crippen LogP contribution is 2.36. The van der Waals surface area contributed by atoms with Crippen molar-refractivity contribution in [2.45, 2.75) is 38.9 Å². The molecular weight excluding hydrogens is 271 g/mol. The summed E-state index contributed by atoms with van der Waals surface area (Å²) in [7, 11) is -3.28. The predicted octanol–water partition coefficient (Wildman–Crippen LogP) is 1.77. The van der Waals surface area contributed by atoms with Crippen LogP contribution >= 0.6 is 0 Å². The molecule has 1 aromatic rings. The maximum atomic E-state index is 9.25. The van der Waals surface area contributed by atoms with Crippen molar-refractivity contribution in [1.82, 2.24) is 0 Å². The van der Waals surface area contributed by atoms with Crippen LogP contribution in [-0.2, 0) is 4.43 Å². The molecule has 0 aliphatic carbocycles. The number of hydrogen-bond donors (Lipinski definition) is 2. The molecule has 0 bridgehead atoms. The second kappa shape index (κ2) is 6.76. The second-order valence-corrected chi connectivity index (χ2v) is 11.2. The van der Waals surface area contributed by atoms with E-state index in [-0.39, 0.29) is 5.04 Å². The Kier molecular flexibility index (Phi) is 5.82. The van der Waals surface area contributed by atoms with Gasteiger partial charge in [0.1, 0.15) is 12.4 Å². The molecule has 0 saturated heterocycles. The lowest BCUT2D eigenvalue weighted by atomic mass is 9.79. The monoisotopic (exact) mass is 296 g/mol. The third-order valence-corrected chi connectivity index (χ3v) is 8.35. The summed E-state index contributed by atoms with van der Waals surface area (Å²) in [6, 6.07) is 6.90. The van der Waals surface area contributed by atoms with Gasteiger partial charge in [-0.1, -0.05) is 39.0 Å². The van der Waals surface area contributed by atoms with Crippen LogP contribution in [0.25, 0.3) is 0 Å². The van der Waals surface area contributed by atoms with E-state index in [1.807, 2.05) is 0 Å². The zero-order valence-electron chi connectivity index (χ0n) is 13.0. The van der Waals surface area contributed by atoms with Gasteiger partial charge in [0.2, 0.25) is 0 Å². The van der Waals surface area contributed by atoms with Gasteiger partial charge in [0.25, 0.3) is 0 Å². The molecule has 112 valence electrons. The van der Waals surface area contributed by atoms with Crippen molar-refractivity contribution in [3.8, 4) is 5.75 Å². The van der Waals surface area contributed by atoms with E-state index in [9.17, 15) is 10.0 Å². The van der Waals surface area contributed by atoms with E-state index in [0.29, 0.717) is 24.4 Å². The van der Waals surface area contributed by atoms with Crippen molar-refractivity contribution in [3.05, 3.63) is 24.3 Å². The number of para-hydroxylation sites is 1. The van der Waals surface area contributed by atoms with Crippen molar-refractivity contribution in [2.24, 2.45) is 0 Å². The highest BCUT2D eigenvalue weighted by Gasteiger charge is 2.36. The van der Waals surface area contributed by atoms with Crippen LogP contribution in [0.2, 0.25) is 18.1 Å². The zero-order chi connectivity index (χ0) is 15.4. The van der Waals surface area contributed by atoms with E-state index in [1.54, 1.807) is 24.3 Å². The first-order valence-corrected chi connectivity index (χ1v) is 9.78. The summed E-state index contributed by atoms with van der Waals surface area (Å²) in [5, 5.41) is 18.7. The zero-order valence-corrected chi connectivity index (χ0v) is 14.0. The third-order valence-electron chi connectivity index (χ3n) is 3.81. The van der Waals surface area contributed by atoms with Gasteiger partial charge in [-0.05, 0) is 24.2 Å². The molecule has 0 radical (unpaired) electrons. The Morgan fingerprint density at radius 3 is 2.25 bits per heavy atom. The summed E-state index contributed by atoms with van der Waals surface area (Å²) >= 11 is 0. The first kappa shape index (κ1) is 17.2. The van der Waals surface area contributed by atoms with E-state index >= 15 is 0 Å². The molecule has 0 heterocycles. The Hall–Kier alpha value is -0.818. The molecule has 20 heavy (non-hydrogen) atoms. The van der Waals surface area contributed by atoms with Gasteiger partial charge in [-0.15, -0.1) is 0 Å². The maximum absolute atomic E-state index is 9.25. The lowest BCUT2D eigenvalue weighted by Gasteiger charge is -2.36. The Bertz CT molecular complexity index is 429. The molecule has 0 amide bonds. The van der Waals surface area contributed by atoms with Gasteiger partial charge in [-0.2, -0.15) is 0 Å². The average molecular weight is 296 g/mol. The first-order chi connectivity index (χ1) is 9.15. The Balaban J connectivity index is 2.50. The Morgan fingerprint density at radius 2 is 1.70 bits per heavy atom. The van der Waals surface area contributed by atoms with E-state index < -0.39 is 15.4 Å². The van der Waals surface area contributed by atoms with Gasteiger partial charge in [-0.25, -0.2) is 0 Å². The minimum absolute atomic E-state index is 0.173. The number of ether oxygens (including phenoxy) is 1. The van der Waals surface area contributed by atoms with Crippen LogP contribution in [0.1, 0.15) is 20.8 Å². The molecule has 1 aromatic carbocycles. The number of rotatable bonds is 6. The minimum Gasteiger partial charge on any atom is -0.492 e. The molecule has 4 nitrogen and oxygen atoms in total. The molecule has 0 unspecified atom stereocenters. The molecule has 0 saturated carbocycles. The highest BCUT2D eigenvalue weighted by atomic mass is 28.4. The number of hydrogen-bond acceptors (Lipinski definition) is 4. The lowest BCUT2D eigenvalue weighted by Crippen LogP contribution is -2.41. The fourth-order valence-corrected chi connectivity index (χ4v) is 2.52. The molecule has 2 N–H and O–H groups in total. The molecule has 0 fully saturated rings. The number of benzene rings is 1. The summed E-state index contributed by atoms with van der Waals surface area (Å²) in [6.45, 7) is 11.9. The van der Waals surface area contributed by atoms with Gasteiger partial charge in [0, 0.05) is 5.46 Å². The maximum Gasteiger partial charge on any atom is 0.492 e. The SMILES string of the molecule is CC(C)(C)[Si](C)(C)OCCOc1ccccc1B(O)O. The second-order valence-electron chi connectivity index (χ2n) is 6.37. The quantitative estimate of drug-likeness (QED) is 0.620. The summed E-state index contributed by atoms with van der Waals surface area (Å²) in [5.41, 5.74) is 0.375. The molecule has 1 rings (SSSR count). The van der Waals surface area contributed by atoms with Crippen molar-refractivity contribution in [3.63, 3.8) is 0 Å². The normalized spacial score (nSPS) is 12.3. The fraction of sp³-hybridized carbons (Fsp3) is 0.571. The first-order valence-electron chi connectivity index (χ1n) is 6.87. The Morgan fingerprint density at radius 1 is 1.10 bits per heavy atom. The lowest BCUT2D eigenvalue weighted by molar-refractivity contribution is 0.204. The molecular formula is C14H25BO4Si. The molecule has 6 heteroatoms. The van der Waals surface area contributed by atoms with Crippen LogP contribution in [0.3, 0.4) is 0 Å². The largest absolute Gasteiger partial charge is 0.492 e. The van der Waals surface area contributed by atoms with Crippen LogP contribution in [0.4, 0.5) is 0 Å². The van der Waals surface area contributed by atoms with Gasteiger partial charge in [0.15, 0.2) is 8.32 Å². The minimum atomic E-state index is -1.76. The van der Waals surface area contributed by atoms with Gasteiger partial charge >= 0.3 is 7.12 Å². The van der Waals surface area contributed by atoms with Crippen LogP contribution in [0.5, 0.6) is 5.75 Å². The summed E-state index contributed by atoms with van der Waals surface area (Å²) < 4.78 is 11.6. The predicted molar refractivity (Wildman–Crippen MR) is 84.9 cm³/mol. The van der Waals surface area contributed by atoms with Gasteiger partial charge in [0.05, 0.1) is 6.61 Å². The summed E-state index contributed by atoms with van der Waals surface area (Å²) in [5.74, 6) is 0.487. The average Bonchev–Trinajstić information content (AvgIpc) is 2.33. The van der Waals surface area contributed by atoms with Crippen LogP contribution in [0.15, 0.2) is 24.3 Å². The molecule has 0 aliphatic rings. The third kappa shape index (κ3) is 4.63. The summed E-state index contributed by atoms with van der Waals surface area (Å²) in [4.78, 5) is 0. The molecule has 0 aromatic heterocycles. The van der Waals surface area contributed by atoms with E-state index in [2.05, 4.69) is 33.9 Å². The smallest absolute Gasteiger partial charge is 0.492 e. The standard InChI is InChI=1S/C14H25BO4Si/c1-14(2,3)20(4,5)19-11-10-18-13-9-7-6-8-12(13)15(16)17/h6-9,16-17H,10-11H2,1-5H3. The Labute approximate surface area is 123 Å². The summed E-state index contributed by atoms with van der Waals surface area (Å²) in [6.07, 6.45) is 0. The topological polar surface area (TPSA) is 58.9 Å². The van der Waals surface area contributed by atoms with Crippen LogP contribution in [-0.4, -0.2) is 38.7 Å². The molecule has 0 atom stereocenters. The van der Waals surface area contributed by atoms with Crippen molar-refractivity contribution in [2.75, 3.05) is 13.2 Å². The van der Waals surface area contributed by atoms with Crippen molar-refractivity contribution < 1.29 is 19.2 Å². The van der Waals surface area contributed by atoms with Gasteiger partial charge in [-0.3, -0.25) is 0 Å². The van der Waals surface area contributed by atoms with Crippen LogP contribution in [0, 0.1) is 0 Å².